The zero-order chi connectivity index (χ0) is 18.7. The quantitative estimate of drug-likeness (QED) is 0.736. The highest BCUT2D eigenvalue weighted by molar-refractivity contribution is 5.77. The molecule has 0 aliphatic rings. The van der Waals surface area contributed by atoms with Crippen LogP contribution < -0.4 is 5.32 Å². The number of hydrogen-bond acceptors (Lipinski definition) is 4. The van der Waals surface area contributed by atoms with Gasteiger partial charge in [0.2, 0.25) is 17.7 Å². The summed E-state index contributed by atoms with van der Waals surface area (Å²) in [6.45, 7) is 8.15. The highest BCUT2D eigenvalue weighted by atomic mass is 16.4. The fourth-order valence-corrected chi connectivity index (χ4v) is 3.02. The number of aryl methyl sites for hydroxylation is 2. The number of amides is 1. The monoisotopic (exact) mass is 352 g/mol. The maximum absolute atomic E-state index is 12.5. The second-order valence-corrected chi connectivity index (χ2v) is 6.43. The van der Waals surface area contributed by atoms with Crippen molar-refractivity contribution in [1.82, 2.24) is 20.1 Å². The Hall–Kier alpha value is -2.89. The third-order valence-corrected chi connectivity index (χ3v) is 4.55. The number of rotatable bonds is 6. The summed E-state index contributed by atoms with van der Waals surface area (Å²) in [5.41, 5.74) is 3.88. The predicted octanol–water partition coefficient (Wildman–Crippen LogP) is 3.59. The number of benzene rings is 1. The van der Waals surface area contributed by atoms with E-state index in [2.05, 4.69) is 15.5 Å². The minimum atomic E-state index is -0.0394. The van der Waals surface area contributed by atoms with Gasteiger partial charge in [0, 0.05) is 17.8 Å². The van der Waals surface area contributed by atoms with Crippen LogP contribution in [-0.4, -0.2) is 20.7 Å². The summed E-state index contributed by atoms with van der Waals surface area (Å²) < 4.78 is 7.63. The van der Waals surface area contributed by atoms with Gasteiger partial charge in [-0.2, -0.15) is 0 Å². The van der Waals surface area contributed by atoms with Crippen molar-refractivity contribution >= 4 is 5.91 Å². The number of nitrogens with zero attached hydrogens (tertiary/aromatic N) is 3. The predicted molar refractivity (Wildman–Crippen MR) is 99.6 cm³/mol. The van der Waals surface area contributed by atoms with Crippen molar-refractivity contribution < 1.29 is 9.21 Å². The molecule has 0 unspecified atom stereocenters. The fraction of sp³-hybridized carbons (Fsp3) is 0.350. The molecular weight excluding hydrogens is 328 g/mol. The van der Waals surface area contributed by atoms with Gasteiger partial charge in [-0.15, -0.1) is 10.2 Å². The summed E-state index contributed by atoms with van der Waals surface area (Å²) in [7, 11) is 0. The standard InChI is InChI=1S/C20H24N4O2/c1-5-19-22-23-20(26-19)17-11-13(2)24(15(17)4)12-18(25)21-14(3)16-9-7-6-8-10-16/h6-11,14H,5,12H2,1-4H3,(H,21,25)/t14-/m1/s1. The maximum Gasteiger partial charge on any atom is 0.249 e. The molecule has 0 aliphatic heterocycles. The van der Waals surface area contributed by atoms with Crippen molar-refractivity contribution in [3.63, 3.8) is 0 Å². The Morgan fingerprint density at radius 3 is 2.62 bits per heavy atom. The molecule has 0 bridgehead atoms. The molecule has 26 heavy (non-hydrogen) atoms. The second kappa shape index (κ2) is 7.56. The van der Waals surface area contributed by atoms with E-state index in [1.54, 1.807) is 0 Å². The zero-order valence-electron chi connectivity index (χ0n) is 15.6. The van der Waals surface area contributed by atoms with Crippen LogP contribution in [0.2, 0.25) is 0 Å². The normalized spacial score (nSPS) is 12.2. The van der Waals surface area contributed by atoms with Crippen molar-refractivity contribution in [3.8, 4) is 11.5 Å². The van der Waals surface area contributed by atoms with Gasteiger partial charge in [0.05, 0.1) is 11.6 Å². The smallest absolute Gasteiger partial charge is 0.249 e. The Bertz CT molecular complexity index is 896. The molecule has 0 aliphatic carbocycles. The molecule has 3 rings (SSSR count). The van der Waals surface area contributed by atoms with E-state index in [1.165, 1.54) is 0 Å². The Morgan fingerprint density at radius 1 is 1.23 bits per heavy atom. The molecule has 3 aromatic rings. The highest BCUT2D eigenvalue weighted by Crippen LogP contribution is 2.26. The van der Waals surface area contributed by atoms with Crippen LogP contribution in [-0.2, 0) is 17.8 Å². The largest absolute Gasteiger partial charge is 0.421 e. The van der Waals surface area contributed by atoms with E-state index in [0.717, 1.165) is 22.5 Å². The minimum absolute atomic E-state index is 0.0329. The van der Waals surface area contributed by atoms with Crippen LogP contribution in [0.15, 0.2) is 40.8 Å². The molecule has 1 amide bonds. The highest BCUT2D eigenvalue weighted by Gasteiger charge is 2.18. The molecule has 136 valence electrons. The average molecular weight is 352 g/mol. The zero-order valence-corrected chi connectivity index (χ0v) is 15.6. The molecule has 1 aromatic carbocycles. The molecule has 6 heteroatoms. The Balaban J connectivity index is 1.74. The van der Waals surface area contributed by atoms with Crippen molar-refractivity contribution in [2.45, 2.75) is 46.7 Å². The first-order valence-electron chi connectivity index (χ1n) is 8.83. The first-order chi connectivity index (χ1) is 12.5. The Kier molecular flexibility index (Phi) is 5.21. The van der Waals surface area contributed by atoms with Crippen molar-refractivity contribution in [3.05, 3.63) is 59.2 Å². The van der Waals surface area contributed by atoms with Gasteiger partial charge < -0.3 is 14.3 Å². The molecule has 2 aromatic heterocycles. The Labute approximate surface area is 153 Å². The van der Waals surface area contributed by atoms with Gasteiger partial charge in [-0.1, -0.05) is 37.3 Å². The second-order valence-electron chi connectivity index (χ2n) is 6.43. The summed E-state index contributed by atoms with van der Waals surface area (Å²) in [6, 6.07) is 11.9. The van der Waals surface area contributed by atoms with Crippen molar-refractivity contribution in [2.24, 2.45) is 0 Å². The molecule has 1 atom stereocenters. The first-order valence-corrected chi connectivity index (χ1v) is 8.83. The number of nitrogens with one attached hydrogen (secondary N) is 1. The molecule has 0 saturated heterocycles. The fourth-order valence-electron chi connectivity index (χ4n) is 3.02. The molecule has 1 N–H and O–H groups in total. The van der Waals surface area contributed by atoms with E-state index in [0.29, 0.717) is 18.2 Å². The lowest BCUT2D eigenvalue weighted by Gasteiger charge is -2.16. The molecule has 6 nitrogen and oxygen atoms in total. The summed E-state index contributed by atoms with van der Waals surface area (Å²) in [4.78, 5) is 12.5. The number of aromatic nitrogens is 3. The van der Waals surface area contributed by atoms with Gasteiger partial charge in [-0.25, -0.2) is 0 Å². The lowest BCUT2D eigenvalue weighted by molar-refractivity contribution is -0.122. The lowest BCUT2D eigenvalue weighted by Crippen LogP contribution is -2.30. The molecule has 2 heterocycles. The molecule has 0 saturated carbocycles. The van der Waals surface area contributed by atoms with E-state index < -0.39 is 0 Å². The third kappa shape index (κ3) is 3.69. The van der Waals surface area contributed by atoms with E-state index in [-0.39, 0.29) is 18.5 Å². The van der Waals surface area contributed by atoms with Gasteiger partial charge in [-0.3, -0.25) is 4.79 Å². The molecule has 0 fully saturated rings. The topological polar surface area (TPSA) is 73.0 Å². The van der Waals surface area contributed by atoms with Gasteiger partial charge >= 0.3 is 0 Å². The third-order valence-electron chi connectivity index (χ3n) is 4.55. The maximum atomic E-state index is 12.5. The van der Waals surface area contributed by atoms with Crippen LogP contribution in [0.3, 0.4) is 0 Å². The number of carbonyl (C=O) groups is 1. The summed E-state index contributed by atoms with van der Waals surface area (Å²) >= 11 is 0. The van der Waals surface area contributed by atoms with Gasteiger partial charge in [0.15, 0.2) is 0 Å². The van der Waals surface area contributed by atoms with Crippen LogP contribution in [0.5, 0.6) is 0 Å². The van der Waals surface area contributed by atoms with Crippen molar-refractivity contribution in [2.75, 3.05) is 0 Å². The summed E-state index contributed by atoms with van der Waals surface area (Å²) in [5.74, 6) is 1.08. The van der Waals surface area contributed by atoms with Crippen LogP contribution in [0, 0.1) is 13.8 Å². The first kappa shape index (κ1) is 17.9. The summed E-state index contributed by atoms with van der Waals surface area (Å²) in [5, 5.41) is 11.2. The Morgan fingerprint density at radius 2 is 1.96 bits per heavy atom. The summed E-state index contributed by atoms with van der Waals surface area (Å²) in [6.07, 6.45) is 0.700. The average Bonchev–Trinajstić information content (AvgIpc) is 3.22. The molecular formula is C20H24N4O2. The van der Waals surface area contributed by atoms with Crippen LogP contribution in [0.25, 0.3) is 11.5 Å². The van der Waals surface area contributed by atoms with Crippen molar-refractivity contribution in [1.29, 1.82) is 0 Å². The van der Waals surface area contributed by atoms with E-state index >= 15 is 0 Å². The number of hydrogen-bond donors (Lipinski definition) is 1. The minimum Gasteiger partial charge on any atom is -0.421 e. The van der Waals surface area contributed by atoms with Crippen LogP contribution >= 0.6 is 0 Å². The number of carbonyl (C=O) groups excluding carboxylic acids is 1. The lowest BCUT2D eigenvalue weighted by atomic mass is 10.1. The van der Waals surface area contributed by atoms with E-state index in [4.69, 9.17) is 4.42 Å². The molecule has 0 spiro atoms. The van der Waals surface area contributed by atoms with E-state index in [1.807, 2.05) is 68.7 Å². The van der Waals surface area contributed by atoms with Gasteiger partial charge in [0.25, 0.3) is 0 Å². The van der Waals surface area contributed by atoms with Crippen LogP contribution in [0.1, 0.15) is 42.7 Å². The molecule has 0 radical (unpaired) electrons. The van der Waals surface area contributed by atoms with Gasteiger partial charge in [-0.05, 0) is 32.4 Å². The van der Waals surface area contributed by atoms with E-state index in [9.17, 15) is 4.79 Å². The van der Waals surface area contributed by atoms with Gasteiger partial charge in [0.1, 0.15) is 6.54 Å². The van der Waals surface area contributed by atoms with Crippen LogP contribution in [0.4, 0.5) is 0 Å². The SMILES string of the molecule is CCc1nnc(-c2cc(C)n(CC(=O)N[C@H](C)c3ccccc3)c2C)o1.